The van der Waals surface area contributed by atoms with Crippen molar-refractivity contribution in [1.82, 2.24) is 24.6 Å². The molecule has 152 valence electrons. The van der Waals surface area contributed by atoms with Gasteiger partial charge in [-0.15, -0.1) is 10.2 Å². The Balaban J connectivity index is 1.54. The summed E-state index contributed by atoms with van der Waals surface area (Å²) in [7, 11) is 0. The SMILES string of the molecule is CC(C)c1nnc(NC(=O)Cn2c(CC(=O)N3CCCC3)nc3ccccc32)s1. The standard InChI is InChI=1S/C20H24N6O2S/c1-13(2)19-23-24-20(29-19)22-17(27)12-26-15-8-4-3-7-14(15)21-16(26)11-18(28)25-9-5-6-10-25/h3-4,7-8,13H,5-6,9-12H2,1-2H3,(H,22,24,27). The van der Waals surface area contributed by atoms with Crippen molar-refractivity contribution < 1.29 is 9.59 Å². The molecule has 1 N–H and O–H groups in total. The molecule has 1 fully saturated rings. The minimum atomic E-state index is -0.213. The molecule has 1 aliphatic rings. The Morgan fingerprint density at radius 2 is 1.93 bits per heavy atom. The minimum absolute atomic E-state index is 0.0603. The van der Waals surface area contributed by atoms with E-state index in [0.29, 0.717) is 11.0 Å². The fourth-order valence-electron chi connectivity index (χ4n) is 3.47. The van der Waals surface area contributed by atoms with Crippen LogP contribution in [0.25, 0.3) is 11.0 Å². The molecule has 4 rings (SSSR count). The van der Waals surface area contributed by atoms with Gasteiger partial charge in [0.05, 0.1) is 17.5 Å². The maximum atomic E-state index is 12.7. The van der Waals surface area contributed by atoms with Crippen LogP contribution in [0.3, 0.4) is 0 Å². The van der Waals surface area contributed by atoms with E-state index < -0.39 is 0 Å². The first-order valence-electron chi connectivity index (χ1n) is 9.86. The van der Waals surface area contributed by atoms with Crippen LogP contribution in [0, 0.1) is 0 Å². The highest BCUT2D eigenvalue weighted by Gasteiger charge is 2.22. The van der Waals surface area contributed by atoms with E-state index in [9.17, 15) is 9.59 Å². The molecule has 0 unspecified atom stereocenters. The zero-order valence-electron chi connectivity index (χ0n) is 16.6. The second-order valence-corrected chi connectivity index (χ2v) is 8.52. The molecule has 9 heteroatoms. The summed E-state index contributed by atoms with van der Waals surface area (Å²) in [5, 5.41) is 12.3. The number of anilines is 1. The van der Waals surface area contributed by atoms with Crippen molar-refractivity contribution in [2.24, 2.45) is 0 Å². The van der Waals surface area contributed by atoms with Gasteiger partial charge in [-0.25, -0.2) is 4.98 Å². The summed E-state index contributed by atoms with van der Waals surface area (Å²) in [6, 6.07) is 7.62. The number of carbonyl (C=O) groups excluding carboxylic acids is 2. The molecule has 1 saturated heterocycles. The maximum Gasteiger partial charge on any atom is 0.246 e. The number of rotatable bonds is 6. The van der Waals surface area contributed by atoms with Gasteiger partial charge < -0.3 is 9.47 Å². The number of imidazole rings is 1. The largest absolute Gasteiger partial charge is 0.342 e. The van der Waals surface area contributed by atoms with Gasteiger partial charge in [0.2, 0.25) is 16.9 Å². The lowest BCUT2D eigenvalue weighted by molar-refractivity contribution is -0.129. The molecule has 2 amide bonds. The van der Waals surface area contributed by atoms with Crippen LogP contribution in [0.4, 0.5) is 5.13 Å². The fraction of sp³-hybridized carbons (Fsp3) is 0.450. The molecule has 3 aromatic rings. The number of nitrogens with one attached hydrogen (secondary N) is 1. The number of fused-ring (bicyclic) bond motifs is 1. The van der Waals surface area contributed by atoms with Gasteiger partial charge in [0.25, 0.3) is 0 Å². The Kier molecular flexibility index (Phi) is 5.57. The number of hydrogen-bond acceptors (Lipinski definition) is 6. The highest BCUT2D eigenvalue weighted by atomic mass is 32.1. The molecular weight excluding hydrogens is 388 g/mol. The van der Waals surface area contributed by atoms with Gasteiger partial charge in [0.15, 0.2) is 0 Å². The van der Waals surface area contributed by atoms with E-state index in [1.807, 2.05) is 47.6 Å². The van der Waals surface area contributed by atoms with E-state index in [2.05, 4.69) is 20.5 Å². The van der Waals surface area contributed by atoms with Crippen molar-refractivity contribution in [3.63, 3.8) is 0 Å². The average Bonchev–Trinajstić information content (AvgIpc) is 3.43. The summed E-state index contributed by atoms with van der Waals surface area (Å²) in [6.45, 7) is 5.74. The second kappa shape index (κ2) is 8.28. The first kappa shape index (κ1) is 19.5. The van der Waals surface area contributed by atoms with Gasteiger partial charge in [-0.1, -0.05) is 37.3 Å². The van der Waals surface area contributed by atoms with Gasteiger partial charge in [0.1, 0.15) is 17.4 Å². The van der Waals surface area contributed by atoms with Crippen LogP contribution in [-0.2, 0) is 22.6 Å². The lowest BCUT2D eigenvalue weighted by Gasteiger charge is -2.15. The molecule has 1 aliphatic heterocycles. The van der Waals surface area contributed by atoms with Crippen LogP contribution in [0.1, 0.15) is 43.4 Å². The van der Waals surface area contributed by atoms with E-state index in [0.717, 1.165) is 42.0 Å². The van der Waals surface area contributed by atoms with Crippen LogP contribution >= 0.6 is 11.3 Å². The van der Waals surface area contributed by atoms with E-state index >= 15 is 0 Å². The molecule has 0 atom stereocenters. The zero-order chi connectivity index (χ0) is 20.4. The highest BCUT2D eigenvalue weighted by Crippen LogP contribution is 2.23. The third-order valence-corrected chi connectivity index (χ3v) is 6.12. The zero-order valence-corrected chi connectivity index (χ0v) is 17.4. The normalized spacial score (nSPS) is 14.1. The predicted molar refractivity (Wildman–Crippen MR) is 112 cm³/mol. The summed E-state index contributed by atoms with van der Waals surface area (Å²) in [4.78, 5) is 31.8. The van der Waals surface area contributed by atoms with Gasteiger partial charge in [0, 0.05) is 19.0 Å². The first-order chi connectivity index (χ1) is 14.0. The molecule has 1 aromatic carbocycles. The van der Waals surface area contributed by atoms with E-state index in [4.69, 9.17) is 0 Å². The van der Waals surface area contributed by atoms with Crippen molar-refractivity contribution in [2.45, 2.75) is 45.6 Å². The Morgan fingerprint density at radius 1 is 1.17 bits per heavy atom. The molecule has 0 bridgehead atoms. The van der Waals surface area contributed by atoms with Crippen molar-refractivity contribution in [3.8, 4) is 0 Å². The van der Waals surface area contributed by atoms with Gasteiger partial charge in [-0.05, 0) is 25.0 Å². The van der Waals surface area contributed by atoms with Crippen molar-refractivity contribution >= 4 is 39.3 Å². The molecule has 0 radical (unpaired) electrons. The number of carbonyl (C=O) groups is 2. The molecular formula is C20H24N6O2S. The lowest BCUT2D eigenvalue weighted by Crippen LogP contribution is -2.30. The van der Waals surface area contributed by atoms with E-state index in [1.54, 1.807) is 0 Å². The third kappa shape index (κ3) is 4.29. The topological polar surface area (TPSA) is 93.0 Å². The number of nitrogens with zero attached hydrogens (tertiary/aromatic N) is 5. The smallest absolute Gasteiger partial charge is 0.246 e. The minimum Gasteiger partial charge on any atom is -0.342 e. The highest BCUT2D eigenvalue weighted by molar-refractivity contribution is 7.15. The summed E-state index contributed by atoms with van der Waals surface area (Å²) in [5.41, 5.74) is 1.62. The Bertz CT molecular complexity index is 1030. The third-order valence-electron chi connectivity index (χ3n) is 4.98. The number of hydrogen-bond donors (Lipinski definition) is 1. The summed E-state index contributed by atoms with van der Waals surface area (Å²) in [5.74, 6) is 0.719. The van der Waals surface area contributed by atoms with E-state index in [1.165, 1.54) is 11.3 Å². The van der Waals surface area contributed by atoms with Crippen molar-refractivity contribution in [2.75, 3.05) is 18.4 Å². The molecule has 0 aliphatic carbocycles. The van der Waals surface area contributed by atoms with Crippen LogP contribution in [0.5, 0.6) is 0 Å². The van der Waals surface area contributed by atoms with E-state index in [-0.39, 0.29) is 30.7 Å². The molecule has 29 heavy (non-hydrogen) atoms. The molecule has 2 aromatic heterocycles. The van der Waals surface area contributed by atoms with Gasteiger partial charge in [-0.3, -0.25) is 14.9 Å². The first-order valence-corrected chi connectivity index (χ1v) is 10.7. The Morgan fingerprint density at radius 3 is 2.66 bits per heavy atom. The predicted octanol–water partition coefficient (Wildman–Crippen LogP) is 2.81. The Labute approximate surface area is 172 Å². The Hall–Kier alpha value is -2.81. The number of amides is 2. The van der Waals surface area contributed by atoms with Crippen LogP contribution < -0.4 is 5.32 Å². The van der Waals surface area contributed by atoms with Gasteiger partial charge >= 0.3 is 0 Å². The molecule has 0 saturated carbocycles. The van der Waals surface area contributed by atoms with Crippen molar-refractivity contribution in [1.29, 1.82) is 0 Å². The lowest BCUT2D eigenvalue weighted by atomic mass is 10.2. The molecule has 8 nitrogen and oxygen atoms in total. The average molecular weight is 413 g/mol. The fourth-order valence-corrected chi connectivity index (χ4v) is 4.23. The summed E-state index contributed by atoms with van der Waals surface area (Å²) in [6.07, 6.45) is 2.29. The van der Waals surface area contributed by atoms with Crippen LogP contribution in [0.15, 0.2) is 24.3 Å². The molecule has 0 spiro atoms. The van der Waals surface area contributed by atoms with Crippen LogP contribution in [0.2, 0.25) is 0 Å². The second-order valence-electron chi connectivity index (χ2n) is 7.52. The summed E-state index contributed by atoms with van der Waals surface area (Å²) < 4.78 is 1.82. The number of aromatic nitrogens is 4. The number of para-hydroxylation sites is 2. The monoisotopic (exact) mass is 412 g/mol. The van der Waals surface area contributed by atoms with Gasteiger partial charge in [-0.2, -0.15) is 0 Å². The maximum absolute atomic E-state index is 12.7. The quantitative estimate of drug-likeness (QED) is 0.672. The summed E-state index contributed by atoms with van der Waals surface area (Å²) >= 11 is 1.38. The molecule has 3 heterocycles. The van der Waals surface area contributed by atoms with Crippen LogP contribution in [-0.4, -0.2) is 49.6 Å². The number of likely N-dealkylation sites (tertiary alicyclic amines) is 1. The van der Waals surface area contributed by atoms with Crippen molar-refractivity contribution in [3.05, 3.63) is 35.1 Å². The number of benzene rings is 1.